The number of rotatable bonds is 4. The summed E-state index contributed by atoms with van der Waals surface area (Å²) in [6.45, 7) is 2.29. The lowest BCUT2D eigenvalue weighted by atomic mass is 10.3. The zero-order chi connectivity index (χ0) is 8.97. The van der Waals surface area contributed by atoms with E-state index in [-0.39, 0.29) is 11.9 Å². The van der Waals surface area contributed by atoms with Crippen LogP contribution in [0.5, 0.6) is 0 Å². The number of nitrogens with two attached hydrogens (primary N) is 1. The number of imidazole rings is 1. The molecular formula is C7H12N4O. The molecule has 0 spiro atoms. The van der Waals surface area contributed by atoms with Gasteiger partial charge in [0.25, 0.3) is 0 Å². The molecule has 0 radical (unpaired) electrons. The van der Waals surface area contributed by atoms with Crippen molar-refractivity contribution in [3.8, 4) is 0 Å². The van der Waals surface area contributed by atoms with E-state index >= 15 is 0 Å². The van der Waals surface area contributed by atoms with Crippen molar-refractivity contribution in [2.75, 3.05) is 0 Å². The zero-order valence-electron chi connectivity index (χ0n) is 6.87. The van der Waals surface area contributed by atoms with Gasteiger partial charge in [-0.3, -0.25) is 4.79 Å². The maximum Gasteiger partial charge on any atom is 0.234 e. The van der Waals surface area contributed by atoms with E-state index in [1.54, 1.807) is 19.4 Å². The highest BCUT2D eigenvalue weighted by Gasteiger charge is 2.06. The van der Waals surface area contributed by atoms with Crippen LogP contribution in [0.1, 0.15) is 12.6 Å². The Morgan fingerprint density at radius 1 is 1.92 bits per heavy atom. The predicted molar refractivity (Wildman–Crippen MR) is 44.1 cm³/mol. The second-order valence-corrected chi connectivity index (χ2v) is 2.58. The highest BCUT2D eigenvalue weighted by atomic mass is 16.1. The van der Waals surface area contributed by atoms with Gasteiger partial charge in [0.05, 0.1) is 12.4 Å². The van der Waals surface area contributed by atoms with Crippen LogP contribution in [0.3, 0.4) is 0 Å². The summed E-state index contributed by atoms with van der Waals surface area (Å²) in [6, 6.07) is -0.312. The van der Waals surface area contributed by atoms with Crippen LogP contribution >= 0.6 is 0 Å². The molecule has 5 nitrogen and oxygen atoms in total. The maximum absolute atomic E-state index is 10.6. The van der Waals surface area contributed by atoms with Gasteiger partial charge < -0.3 is 16.0 Å². The van der Waals surface area contributed by atoms with Crippen LogP contribution in [0.25, 0.3) is 0 Å². The second kappa shape index (κ2) is 3.87. The van der Waals surface area contributed by atoms with E-state index in [9.17, 15) is 4.79 Å². The lowest BCUT2D eigenvalue weighted by Gasteiger charge is -2.07. The number of hydrogen-bond acceptors (Lipinski definition) is 3. The van der Waals surface area contributed by atoms with Crippen LogP contribution < -0.4 is 11.1 Å². The first-order valence-corrected chi connectivity index (χ1v) is 3.70. The Bertz CT molecular complexity index is 244. The Hall–Kier alpha value is -1.36. The number of primary amides is 1. The Kier molecular flexibility index (Phi) is 2.82. The van der Waals surface area contributed by atoms with Crippen LogP contribution in [0.4, 0.5) is 0 Å². The van der Waals surface area contributed by atoms with Gasteiger partial charge in [0, 0.05) is 18.4 Å². The van der Waals surface area contributed by atoms with E-state index < -0.39 is 0 Å². The van der Waals surface area contributed by atoms with Crippen molar-refractivity contribution in [3.05, 3.63) is 18.2 Å². The van der Waals surface area contributed by atoms with Gasteiger partial charge in [-0.05, 0) is 6.92 Å². The first-order valence-electron chi connectivity index (χ1n) is 3.70. The van der Waals surface area contributed by atoms with Gasteiger partial charge in [-0.25, -0.2) is 4.98 Å². The predicted octanol–water partition coefficient (Wildman–Crippen LogP) is -0.627. The number of nitrogens with one attached hydrogen (secondary N) is 2. The number of aromatic nitrogens is 2. The second-order valence-electron chi connectivity index (χ2n) is 2.58. The highest BCUT2D eigenvalue weighted by molar-refractivity contribution is 5.79. The lowest BCUT2D eigenvalue weighted by Crippen LogP contribution is -2.38. The number of carbonyl (C=O) groups is 1. The molecule has 1 heterocycles. The minimum atomic E-state index is -0.352. The zero-order valence-corrected chi connectivity index (χ0v) is 6.87. The number of nitrogens with zero attached hydrogens (tertiary/aromatic N) is 1. The maximum atomic E-state index is 10.6. The van der Waals surface area contributed by atoms with Crippen LogP contribution in [0.2, 0.25) is 0 Å². The van der Waals surface area contributed by atoms with Gasteiger partial charge in [-0.1, -0.05) is 0 Å². The van der Waals surface area contributed by atoms with E-state index in [4.69, 9.17) is 5.73 Å². The average molecular weight is 168 g/mol. The van der Waals surface area contributed by atoms with E-state index in [1.807, 2.05) is 0 Å². The molecule has 66 valence electrons. The molecule has 0 bridgehead atoms. The molecule has 0 aliphatic heterocycles. The summed E-state index contributed by atoms with van der Waals surface area (Å²) in [6.07, 6.45) is 3.28. The minimum absolute atomic E-state index is 0.312. The minimum Gasteiger partial charge on any atom is -0.368 e. The Morgan fingerprint density at radius 3 is 3.17 bits per heavy atom. The third-order valence-corrected chi connectivity index (χ3v) is 1.58. The molecule has 1 unspecified atom stereocenters. The fourth-order valence-electron chi connectivity index (χ4n) is 0.745. The van der Waals surface area contributed by atoms with Crippen molar-refractivity contribution < 1.29 is 4.79 Å². The summed E-state index contributed by atoms with van der Waals surface area (Å²) in [5.41, 5.74) is 5.98. The van der Waals surface area contributed by atoms with Gasteiger partial charge in [-0.15, -0.1) is 0 Å². The molecule has 4 N–H and O–H groups in total. The number of aromatic amines is 1. The molecule has 1 atom stereocenters. The van der Waals surface area contributed by atoms with Gasteiger partial charge in [-0.2, -0.15) is 0 Å². The van der Waals surface area contributed by atoms with E-state index in [2.05, 4.69) is 15.3 Å². The molecule has 1 aromatic heterocycles. The summed E-state index contributed by atoms with van der Waals surface area (Å²) in [4.78, 5) is 17.3. The van der Waals surface area contributed by atoms with E-state index in [1.165, 1.54) is 0 Å². The number of hydrogen-bond donors (Lipinski definition) is 3. The third kappa shape index (κ3) is 2.35. The summed E-state index contributed by atoms with van der Waals surface area (Å²) >= 11 is 0. The van der Waals surface area contributed by atoms with Gasteiger partial charge in [0.2, 0.25) is 5.91 Å². The molecule has 12 heavy (non-hydrogen) atoms. The first-order chi connectivity index (χ1) is 5.70. The molecule has 1 amide bonds. The molecule has 0 aromatic carbocycles. The van der Waals surface area contributed by atoms with E-state index in [0.717, 1.165) is 5.69 Å². The number of H-pyrrole nitrogens is 1. The quantitative estimate of drug-likeness (QED) is 0.560. The van der Waals surface area contributed by atoms with Crippen LogP contribution in [-0.4, -0.2) is 21.9 Å². The summed E-state index contributed by atoms with van der Waals surface area (Å²) in [5, 5.41) is 2.94. The molecule has 1 rings (SSSR count). The van der Waals surface area contributed by atoms with Gasteiger partial charge in [0.1, 0.15) is 0 Å². The van der Waals surface area contributed by atoms with Gasteiger partial charge >= 0.3 is 0 Å². The third-order valence-electron chi connectivity index (χ3n) is 1.58. The number of carbonyl (C=O) groups excluding carboxylic acids is 1. The Labute approximate surface area is 70.4 Å². The van der Waals surface area contributed by atoms with Gasteiger partial charge in [0.15, 0.2) is 0 Å². The molecule has 1 aromatic rings. The van der Waals surface area contributed by atoms with E-state index in [0.29, 0.717) is 6.54 Å². The Morgan fingerprint density at radius 2 is 2.67 bits per heavy atom. The molecule has 0 fully saturated rings. The summed E-state index contributed by atoms with van der Waals surface area (Å²) in [7, 11) is 0. The van der Waals surface area contributed by atoms with Crippen molar-refractivity contribution >= 4 is 5.91 Å². The van der Waals surface area contributed by atoms with Crippen molar-refractivity contribution in [1.82, 2.24) is 15.3 Å². The smallest absolute Gasteiger partial charge is 0.234 e. The van der Waals surface area contributed by atoms with Crippen molar-refractivity contribution in [2.45, 2.75) is 19.5 Å². The van der Waals surface area contributed by atoms with Crippen molar-refractivity contribution in [1.29, 1.82) is 0 Å². The molecule has 0 aliphatic carbocycles. The standard InChI is InChI=1S/C7H12N4O/c1-5(7(8)12)10-3-6-2-9-4-11-6/h2,4-5,10H,3H2,1H3,(H2,8,12)(H,9,11). The molecular weight excluding hydrogens is 156 g/mol. The average Bonchev–Trinajstić information content (AvgIpc) is 2.51. The monoisotopic (exact) mass is 168 g/mol. The number of amides is 1. The van der Waals surface area contributed by atoms with Crippen LogP contribution in [-0.2, 0) is 11.3 Å². The molecule has 5 heteroatoms. The largest absolute Gasteiger partial charge is 0.368 e. The fourth-order valence-corrected chi connectivity index (χ4v) is 0.745. The topological polar surface area (TPSA) is 83.8 Å². The lowest BCUT2D eigenvalue weighted by molar-refractivity contribution is -0.119. The van der Waals surface area contributed by atoms with Crippen molar-refractivity contribution in [2.24, 2.45) is 5.73 Å². The summed E-state index contributed by atoms with van der Waals surface area (Å²) in [5.74, 6) is -0.352. The SMILES string of the molecule is CC(NCc1cnc[nH]1)C(N)=O. The normalized spacial score (nSPS) is 12.8. The molecule has 0 saturated carbocycles. The Balaban J connectivity index is 2.31. The fraction of sp³-hybridized carbons (Fsp3) is 0.429. The summed E-state index contributed by atoms with van der Waals surface area (Å²) < 4.78 is 0. The first kappa shape index (κ1) is 8.73. The molecule has 0 aliphatic rings. The van der Waals surface area contributed by atoms with Crippen LogP contribution in [0, 0.1) is 0 Å². The van der Waals surface area contributed by atoms with Crippen LogP contribution in [0.15, 0.2) is 12.5 Å². The van der Waals surface area contributed by atoms with Crippen molar-refractivity contribution in [3.63, 3.8) is 0 Å². The highest BCUT2D eigenvalue weighted by Crippen LogP contribution is 1.90. The molecule has 0 saturated heterocycles.